The van der Waals surface area contributed by atoms with E-state index in [1.165, 1.54) is 16.9 Å². The van der Waals surface area contributed by atoms with Crippen LogP contribution in [0.1, 0.15) is 43.1 Å². The van der Waals surface area contributed by atoms with Gasteiger partial charge in [-0.25, -0.2) is 13.8 Å². The number of aromatic nitrogens is 4. The number of halogens is 2. The SMILES string of the molecule is C/C(=C\c1ccccc1)C(=O)N(C)C1CC(=Cc2cc(C(F)F)nc3ncnn23)C1. The molecular weight excluding hydrogens is 388 g/mol. The Morgan fingerprint density at radius 3 is 2.70 bits per heavy atom. The van der Waals surface area contributed by atoms with E-state index in [1.807, 2.05) is 49.4 Å². The van der Waals surface area contributed by atoms with Crippen molar-refractivity contribution in [2.75, 3.05) is 7.05 Å². The maximum absolute atomic E-state index is 13.1. The molecule has 0 aliphatic heterocycles. The van der Waals surface area contributed by atoms with Gasteiger partial charge in [-0.3, -0.25) is 4.79 Å². The molecule has 2 heterocycles. The van der Waals surface area contributed by atoms with Crippen molar-refractivity contribution in [3.63, 3.8) is 0 Å². The van der Waals surface area contributed by atoms with E-state index in [9.17, 15) is 13.6 Å². The lowest BCUT2D eigenvalue weighted by Gasteiger charge is -2.37. The lowest BCUT2D eigenvalue weighted by molar-refractivity contribution is -0.128. The first-order valence-corrected chi connectivity index (χ1v) is 9.61. The predicted molar refractivity (Wildman–Crippen MR) is 110 cm³/mol. The summed E-state index contributed by atoms with van der Waals surface area (Å²) in [6.07, 6.45) is 3.68. The number of carbonyl (C=O) groups excluding carboxylic acids is 1. The van der Waals surface area contributed by atoms with Crippen LogP contribution in [-0.2, 0) is 4.79 Å². The summed E-state index contributed by atoms with van der Waals surface area (Å²) in [5.74, 6) is 0.120. The Balaban J connectivity index is 1.46. The minimum atomic E-state index is -2.68. The molecule has 1 saturated carbocycles. The zero-order chi connectivity index (χ0) is 21.3. The second-order valence-electron chi connectivity index (χ2n) is 7.40. The van der Waals surface area contributed by atoms with E-state index in [2.05, 4.69) is 15.1 Å². The third kappa shape index (κ3) is 3.98. The highest BCUT2D eigenvalue weighted by Gasteiger charge is 2.30. The van der Waals surface area contributed by atoms with E-state index in [-0.39, 0.29) is 23.4 Å². The monoisotopic (exact) mass is 409 g/mol. The van der Waals surface area contributed by atoms with Gasteiger partial charge in [0.25, 0.3) is 12.2 Å². The third-order valence-electron chi connectivity index (χ3n) is 5.26. The van der Waals surface area contributed by atoms with Crippen LogP contribution in [0.25, 0.3) is 17.9 Å². The third-order valence-corrected chi connectivity index (χ3v) is 5.26. The predicted octanol–water partition coefficient (Wildman–Crippen LogP) is 4.17. The number of nitrogens with zero attached hydrogens (tertiary/aromatic N) is 5. The molecule has 0 saturated heterocycles. The Morgan fingerprint density at radius 2 is 2.00 bits per heavy atom. The first kappa shape index (κ1) is 19.9. The molecule has 4 rings (SSSR count). The van der Waals surface area contributed by atoms with Crippen LogP contribution in [0.2, 0.25) is 0 Å². The molecule has 2 aromatic heterocycles. The first-order chi connectivity index (χ1) is 14.4. The van der Waals surface area contributed by atoms with E-state index in [0.717, 1.165) is 11.1 Å². The van der Waals surface area contributed by atoms with E-state index in [1.54, 1.807) is 11.9 Å². The van der Waals surface area contributed by atoms with Gasteiger partial charge in [0.2, 0.25) is 5.91 Å². The van der Waals surface area contributed by atoms with Gasteiger partial charge in [-0.05, 0) is 43.5 Å². The summed E-state index contributed by atoms with van der Waals surface area (Å²) in [6.45, 7) is 1.81. The van der Waals surface area contributed by atoms with Crippen molar-refractivity contribution in [3.05, 3.63) is 70.8 Å². The van der Waals surface area contributed by atoms with E-state index >= 15 is 0 Å². The fourth-order valence-electron chi connectivity index (χ4n) is 3.52. The lowest BCUT2D eigenvalue weighted by atomic mass is 9.84. The number of hydrogen-bond acceptors (Lipinski definition) is 4. The van der Waals surface area contributed by atoms with Crippen LogP contribution in [-0.4, -0.2) is 43.5 Å². The van der Waals surface area contributed by atoms with Gasteiger partial charge in [-0.15, -0.1) is 0 Å². The fourth-order valence-corrected chi connectivity index (χ4v) is 3.52. The van der Waals surface area contributed by atoms with Gasteiger partial charge in [0.1, 0.15) is 12.0 Å². The number of likely N-dealkylation sites (N-methyl/N-ethyl adjacent to an activating group) is 1. The zero-order valence-electron chi connectivity index (χ0n) is 16.7. The summed E-state index contributed by atoms with van der Waals surface area (Å²) in [5, 5.41) is 4.06. The van der Waals surface area contributed by atoms with Crippen LogP contribution in [0.3, 0.4) is 0 Å². The molecule has 1 aliphatic carbocycles. The molecule has 1 aromatic carbocycles. The van der Waals surface area contributed by atoms with Crippen molar-refractivity contribution in [1.82, 2.24) is 24.5 Å². The topological polar surface area (TPSA) is 63.4 Å². The minimum Gasteiger partial charge on any atom is -0.338 e. The smallest absolute Gasteiger partial charge is 0.280 e. The van der Waals surface area contributed by atoms with Crippen LogP contribution in [0, 0.1) is 0 Å². The van der Waals surface area contributed by atoms with Crippen LogP contribution in [0.15, 0.2) is 53.9 Å². The van der Waals surface area contributed by atoms with Crippen molar-refractivity contribution in [2.45, 2.75) is 32.2 Å². The molecule has 1 aliphatic rings. The second kappa shape index (κ2) is 8.14. The van der Waals surface area contributed by atoms with Crippen molar-refractivity contribution in [1.29, 1.82) is 0 Å². The van der Waals surface area contributed by atoms with Gasteiger partial charge in [-0.1, -0.05) is 35.9 Å². The molecule has 154 valence electrons. The summed E-state index contributed by atoms with van der Waals surface area (Å²) in [4.78, 5) is 22.2. The summed E-state index contributed by atoms with van der Waals surface area (Å²) < 4.78 is 27.7. The fraction of sp³-hybridized carbons (Fsp3) is 0.273. The molecule has 0 atom stereocenters. The highest BCUT2D eigenvalue weighted by Crippen LogP contribution is 2.33. The van der Waals surface area contributed by atoms with Crippen LogP contribution < -0.4 is 0 Å². The number of hydrogen-bond donors (Lipinski definition) is 0. The van der Waals surface area contributed by atoms with Crippen molar-refractivity contribution < 1.29 is 13.6 Å². The van der Waals surface area contributed by atoms with Gasteiger partial charge in [0.15, 0.2) is 0 Å². The zero-order valence-corrected chi connectivity index (χ0v) is 16.7. The molecule has 0 N–H and O–H groups in total. The van der Waals surface area contributed by atoms with Gasteiger partial charge >= 0.3 is 0 Å². The Bertz CT molecular complexity index is 1130. The molecule has 0 spiro atoms. The first-order valence-electron chi connectivity index (χ1n) is 9.61. The average molecular weight is 409 g/mol. The molecule has 0 unspecified atom stereocenters. The maximum Gasteiger partial charge on any atom is 0.280 e. The second-order valence-corrected chi connectivity index (χ2v) is 7.40. The average Bonchev–Trinajstić information content (AvgIpc) is 3.18. The maximum atomic E-state index is 13.1. The molecule has 30 heavy (non-hydrogen) atoms. The highest BCUT2D eigenvalue weighted by molar-refractivity contribution is 5.97. The summed E-state index contributed by atoms with van der Waals surface area (Å²) >= 11 is 0. The number of fused-ring (bicyclic) bond motifs is 1. The molecule has 1 amide bonds. The molecule has 0 radical (unpaired) electrons. The van der Waals surface area contributed by atoms with Gasteiger partial charge in [0, 0.05) is 18.7 Å². The summed E-state index contributed by atoms with van der Waals surface area (Å²) in [5.41, 5.74) is 2.90. The molecule has 8 heteroatoms. The summed E-state index contributed by atoms with van der Waals surface area (Å²) in [7, 11) is 1.79. The normalized spacial score (nSPS) is 16.6. The number of alkyl halides is 2. The molecule has 0 bridgehead atoms. The van der Waals surface area contributed by atoms with Gasteiger partial charge in [0.05, 0.1) is 5.69 Å². The van der Waals surface area contributed by atoms with Gasteiger partial charge in [-0.2, -0.15) is 14.6 Å². The number of carbonyl (C=O) groups is 1. The van der Waals surface area contributed by atoms with Crippen LogP contribution >= 0.6 is 0 Å². The Labute approximate surface area is 172 Å². The Morgan fingerprint density at radius 1 is 1.27 bits per heavy atom. The van der Waals surface area contributed by atoms with Crippen LogP contribution in [0.5, 0.6) is 0 Å². The van der Waals surface area contributed by atoms with Crippen molar-refractivity contribution in [3.8, 4) is 0 Å². The van der Waals surface area contributed by atoms with Crippen molar-refractivity contribution in [2.24, 2.45) is 0 Å². The molecule has 1 fully saturated rings. The number of rotatable bonds is 5. The Hall–Kier alpha value is -3.42. The largest absolute Gasteiger partial charge is 0.338 e. The number of amides is 1. The van der Waals surface area contributed by atoms with E-state index in [4.69, 9.17) is 0 Å². The minimum absolute atomic E-state index is 0.0227. The highest BCUT2D eigenvalue weighted by atomic mass is 19.3. The standard InChI is InChI=1S/C22H21F2N5O/c1-14(8-15-6-4-3-5-7-15)21(30)28(2)17-9-16(10-17)11-18-12-19(20(23)24)27-22-25-13-26-29(18)22/h3-8,11-13,17,20H,9-10H2,1-2H3/b14-8+,16-11?. The molecule has 3 aromatic rings. The van der Waals surface area contributed by atoms with Crippen LogP contribution in [0.4, 0.5) is 8.78 Å². The Kier molecular flexibility index (Phi) is 5.39. The number of benzene rings is 1. The molecule has 6 nitrogen and oxygen atoms in total. The lowest BCUT2D eigenvalue weighted by Crippen LogP contribution is -2.42. The molecular formula is C22H21F2N5O. The van der Waals surface area contributed by atoms with E-state index < -0.39 is 6.43 Å². The van der Waals surface area contributed by atoms with Crippen molar-refractivity contribution >= 4 is 23.8 Å². The quantitative estimate of drug-likeness (QED) is 0.594. The summed E-state index contributed by atoms with van der Waals surface area (Å²) in [6, 6.07) is 11.1. The van der Waals surface area contributed by atoms with Gasteiger partial charge < -0.3 is 4.90 Å². The van der Waals surface area contributed by atoms with E-state index in [0.29, 0.717) is 24.1 Å².